The second kappa shape index (κ2) is 13.2. The van der Waals surface area contributed by atoms with E-state index < -0.39 is 37.6 Å². The predicted octanol–water partition coefficient (Wildman–Crippen LogP) is -10.3. The number of hydrogen-bond acceptors (Lipinski definition) is 10. The maximum atomic E-state index is 12.3. The molecule has 0 saturated carbocycles. The second-order valence-electron chi connectivity index (χ2n) is 4.79. The molecule has 1 aliphatic heterocycles. The molecule has 128 valence electrons. The number of hydrogen-bond donors (Lipinski definition) is 1. The number of carbonyl (C=O) groups excluding carboxylic acids is 1. The molecule has 1 aliphatic rings. The Morgan fingerprint density at radius 2 is 2.04 bits per heavy atom. The van der Waals surface area contributed by atoms with Crippen molar-refractivity contribution < 1.29 is 122 Å². The van der Waals surface area contributed by atoms with Gasteiger partial charge >= 0.3 is 94.6 Å². The number of pyridine rings is 1. The molecular weight excluding hydrogens is 416 g/mol. The van der Waals surface area contributed by atoms with Gasteiger partial charge in [-0.15, -0.1) is 11.8 Å². The first-order valence-corrected chi connectivity index (χ1v) is 9.01. The molecule has 2 unspecified atom stereocenters. The number of phosphoric ester groups is 1. The molecule has 26 heavy (non-hydrogen) atoms. The molecule has 1 saturated heterocycles. The third-order valence-corrected chi connectivity index (χ3v) is 4.92. The van der Waals surface area contributed by atoms with Crippen molar-refractivity contribution in [2.24, 2.45) is 0 Å². The van der Waals surface area contributed by atoms with E-state index in [1.165, 1.54) is 32.0 Å². The van der Waals surface area contributed by atoms with Crippen LogP contribution in [0.1, 0.15) is 22.2 Å². The predicted molar refractivity (Wildman–Crippen MR) is 75.0 cm³/mol. The molecule has 0 aromatic carbocycles. The van der Waals surface area contributed by atoms with Gasteiger partial charge in [-0.3, -0.25) is 15.1 Å². The van der Waals surface area contributed by atoms with E-state index in [0.717, 1.165) is 0 Å². The molecular formula is C12H14N2Na3O7PS. The average Bonchev–Trinajstić information content (AvgIpc) is 2.96. The van der Waals surface area contributed by atoms with Crippen molar-refractivity contribution in [2.45, 2.75) is 24.9 Å². The summed E-state index contributed by atoms with van der Waals surface area (Å²) in [5, 5.41) is 14.7. The van der Waals surface area contributed by atoms with Crippen LogP contribution in [0.4, 0.5) is 0 Å². The van der Waals surface area contributed by atoms with Gasteiger partial charge < -0.3 is 28.7 Å². The van der Waals surface area contributed by atoms with Gasteiger partial charge in [-0.1, -0.05) is 5.75 Å². The SMILES string of the molecule is COC(=O)C1CSC(c2c(COP(=O)([O-])[O-])cnc(C)c2[O-])N1.[Na+].[Na+].[Na+]. The van der Waals surface area contributed by atoms with E-state index >= 15 is 0 Å². The van der Waals surface area contributed by atoms with Crippen LogP contribution >= 0.6 is 19.6 Å². The van der Waals surface area contributed by atoms with Crippen LogP contribution in [0.25, 0.3) is 0 Å². The molecule has 2 rings (SSSR count). The van der Waals surface area contributed by atoms with E-state index in [1.54, 1.807) is 0 Å². The Labute approximate surface area is 221 Å². The van der Waals surface area contributed by atoms with Gasteiger partial charge in [0.1, 0.15) is 6.04 Å². The van der Waals surface area contributed by atoms with Crippen LogP contribution in [0.2, 0.25) is 0 Å². The van der Waals surface area contributed by atoms with Gasteiger partial charge in [-0.05, 0) is 12.5 Å². The van der Waals surface area contributed by atoms with Crippen LogP contribution in [-0.2, 0) is 25.2 Å². The third-order valence-electron chi connectivity index (χ3n) is 3.24. The number of methoxy groups -OCH3 is 1. The molecule has 0 amide bonds. The van der Waals surface area contributed by atoms with E-state index in [1.807, 2.05) is 0 Å². The summed E-state index contributed by atoms with van der Waals surface area (Å²) in [6.45, 7) is 0.934. The van der Waals surface area contributed by atoms with Gasteiger partial charge in [0.05, 0.1) is 26.9 Å². The van der Waals surface area contributed by atoms with Gasteiger partial charge in [-0.25, -0.2) is 0 Å². The number of rotatable bonds is 5. The molecule has 1 fully saturated rings. The van der Waals surface area contributed by atoms with Crippen molar-refractivity contribution >= 4 is 25.6 Å². The Kier molecular flexibility index (Phi) is 15.3. The Morgan fingerprint density at radius 3 is 2.58 bits per heavy atom. The summed E-state index contributed by atoms with van der Waals surface area (Å²) in [6, 6.07) is -0.582. The van der Waals surface area contributed by atoms with Crippen LogP contribution in [0.5, 0.6) is 5.75 Å². The molecule has 1 aromatic rings. The van der Waals surface area contributed by atoms with E-state index in [-0.39, 0.29) is 105 Å². The molecule has 1 N–H and O–H groups in total. The number of nitrogens with zero attached hydrogens (tertiary/aromatic N) is 1. The van der Waals surface area contributed by atoms with Crippen LogP contribution in [0.15, 0.2) is 6.20 Å². The zero-order valence-electron chi connectivity index (χ0n) is 15.3. The van der Waals surface area contributed by atoms with Gasteiger partial charge in [0.15, 0.2) is 0 Å². The normalized spacial score (nSPS) is 18.9. The number of carbonyl (C=O) groups is 1. The molecule has 14 heteroatoms. The van der Waals surface area contributed by atoms with Crippen molar-refractivity contribution in [2.75, 3.05) is 12.9 Å². The minimum absolute atomic E-state index is 0. The summed E-state index contributed by atoms with van der Waals surface area (Å²) in [6.07, 6.45) is 1.29. The number of ether oxygens (including phenoxy) is 1. The molecule has 0 spiro atoms. The minimum atomic E-state index is -5.17. The average molecular weight is 430 g/mol. The number of nitrogens with one attached hydrogen (secondary N) is 1. The smallest absolute Gasteiger partial charge is 0.871 e. The third kappa shape index (κ3) is 8.30. The van der Waals surface area contributed by atoms with Crippen molar-refractivity contribution in [3.05, 3.63) is 23.0 Å². The van der Waals surface area contributed by atoms with E-state index in [4.69, 9.17) is 0 Å². The second-order valence-corrected chi connectivity index (χ2v) is 7.08. The molecule has 9 nitrogen and oxygen atoms in total. The number of aromatic nitrogens is 1. The van der Waals surface area contributed by atoms with Crippen molar-refractivity contribution in [1.29, 1.82) is 0 Å². The summed E-state index contributed by atoms with van der Waals surface area (Å²) in [5.41, 5.74) is 0.630. The van der Waals surface area contributed by atoms with Crippen molar-refractivity contribution in [1.82, 2.24) is 10.3 Å². The summed E-state index contributed by atoms with van der Waals surface area (Å²) in [7, 11) is -3.91. The first kappa shape index (κ1) is 30.0. The Balaban J connectivity index is 0. The molecule has 0 bridgehead atoms. The summed E-state index contributed by atoms with van der Waals surface area (Å²) in [5.74, 6) is -0.465. The number of thioether (sulfide) groups is 1. The fourth-order valence-electron chi connectivity index (χ4n) is 2.11. The summed E-state index contributed by atoms with van der Waals surface area (Å²) < 4.78 is 19.5. The van der Waals surface area contributed by atoms with Crippen LogP contribution < -0.4 is 109 Å². The number of esters is 1. The largest absolute Gasteiger partial charge is 1.00 e. The molecule has 2 heterocycles. The zero-order chi connectivity index (χ0) is 17.2. The Morgan fingerprint density at radius 1 is 1.42 bits per heavy atom. The summed E-state index contributed by atoms with van der Waals surface area (Å²) in [4.78, 5) is 36.7. The minimum Gasteiger partial charge on any atom is -0.871 e. The first-order valence-electron chi connectivity index (χ1n) is 6.50. The summed E-state index contributed by atoms with van der Waals surface area (Å²) >= 11 is 1.30. The monoisotopic (exact) mass is 430 g/mol. The maximum Gasteiger partial charge on any atom is 1.00 e. The van der Waals surface area contributed by atoms with Gasteiger partial charge in [-0.2, -0.15) is 0 Å². The fraction of sp³-hybridized carbons (Fsp3) is 0.500. The van der Waals surface area contributed by atoms with Crippen LogP contribution in [0.3, 0.4) is 0 Å². The molecule has 1 aromatic heterocycles. The van der Waals surface area contributed by atoms with Gasteiger partial charge in [0.2, 0.25) is 0 Å². The van der Waals surface area contributed by atoms with Crippen molar-refractivity contribution in [3.63, 3.8) is 0 Å². The Bertz CT molecular complexity index is 664. The Hall–Kier alpha value is 1.84. The standard InChI is InChI=1S/C12H17N2O7PS.3Na/c1-6-10(15)9(7(3-13-6)4-21-22(17,18)19)11-14-8(5-23-11)12(16)20-2;;;/h3,8,11,14-15H,4-5H2,1-2H3,(H2,17,18,19);;;/q;3*+1/p-3. The van der Waals surface area contributed by atoms with Gasteiger partial charge in [0, 0.05) is 23.2 Å². The zero-order valence-corrected chi connectivity index (χ0v) is 23.0. The number of phosphoric acid groups is 1. The molecule has 0 radical (unpaired) electrons. The molecule has 0 aliphatic carbocycles. The van der Waals surface area contributed by atoms with E-state index in [0.29, 0.717) is 5.75 Å². The maximum absolute atomic E-state index is 12.3. The first-order chi connectivity index (χ1) is 10.7. The van der Waals surface area contributed by atoms with Gasteiger partial charge in [0.25, 0.3) is 0 Å². The number of aryl methyl sites for hydroxylation is 1. The molecule has 2 atom stereocenters. The van der Waals surface area contributed by atoms with E-state index in [2.05, 4.69) is 19.6 Å². The van der Waals surface area contributed by atoms with Crippen LogP contribution in [0, 0.1) is 6.92 Å². The quantitative estimate of drug-likeness (QED) is 0.271. The van der Waals surface area contributed by atoms with Crippen molar-refractivity contribution in [3.8, 4) is 5.75 Å². The van der Waals surface area contributed by atoms with Crippen LogP contribution in [-0.4, -0.2) is 29.9 Å². The van der Waals surface area contributed by atoms with E-state index in [9.17, 15) is 24.3 Å². The topological polar surface area (TPSA) is 147 Å². The fourth-order valence-corrected chi connectivity index (χ4v) is 3.71.